The molecule has 0 radical (unpaired) electrons. The number of nitrogen functional groups attached to an aromatic ring is 1. The van der Waals surface area contributed by atoms with E-state index >= 15 is 0 Å². The third-order valence-electron chi connectivity index (χ3n) is 2.04. The van der Waals surface area contributed by atoms with Crippen LogP contribution in [0.2, 0.25) is 0 Å². The zero-order valence-electron chi connectivity index (χ0n) is 8.19. The van der Waals surface area contributed by atoms with E-state index in [-0.39, 0.29) is 11.4 Å². The summed E-state index contributed by atoms with van der Waals surface area (Å²) >= 11 is 0. The first kappa shape index (κ1) is 9.39. The summed E-state index contributed by atoms with van der Waals surface area (Å²) in [6.45, 7) is 1.89. The number of nitrogens with one attached hydrogen (secondary N) is 1. The second kappa shape index (κ2) is 3.53. The molecule has 0 fully saturated rings. The van der Waals surface area contributed by atoms with Gasteiger partial charge in [0.15, 0.2) is 0 Å². The normalized spacial score (nSPS) is 10.2. The number of rotatable bonds is 1. The number of aryl methyl sites for hydroxylation is 1. The highest BCUT2D eigenvalue weighted by molar-refractivity contribution is 5.59. The molecule has 0 saturated carbocycles. The zero-order valence-corrected chi connectivity index (χ0v) is 8.19. The molecule has 0 aliphatic rings. The molecule has 0 spiro atoms. The summed E-state index contributed by atoms with van der Waals surface area (Å²) in [7, 11) is 0. The maximum absolute atomic E-state index is 11.2. The maximum atomic E-state index is 11.2. The Balaban J connectivity index is 2.64. The van der Waals surface area contributed by atoms with E-state index in [2.05, 4.69) is 15.0 Å². The average Bonchev–Trinajstić information content (AvgIpc) is 2.16. The van der Waals surface area contributed by atoms with Crippen LogP contribution >= 0.6 is 0 Å². The number of hydrogen-bond acceptors (Lipinski definition) is 4. The van der Waals surface area contributed by atoms with Crippen LogP contribution in [-0.2, 0) is 0 Å². The summed E-state index contributed by atoms with van der Waals surface area (Å²) in [5, 5.41) is 0. The third kappa shape index (κ3) is 1.85. The third-order valence-corrected chi connectivity index (χ3v) is 2.04. The van der Waals surface area contributed by atoms with E-state index in [1.165, 1.54) is 6.07 Å². The van der Waals surface area contributed by atoms with Gasteiger partial charge >= 0.3 is 0 Å². The van der Waals surface area contributed by atoms with Crippen molar-refractivity contribution in [2.75, 3.05) is 5.73 Å². The van der Waals surface area contributed by atoms with Crippen molar-refractivity contribution in [2.45, 2.75) is 6.92 Å². The van der Waals surface area contributed by atoms with Gasteiger partial charge in [-0.05, 0) is 18.6 Å². The van der Waals surface area contributed by atoms with Gasteiger partial charge in [0, 0.05) is 24.0 Å². The molecule has 0 amide bonds. The summed E-state index contributed by atoms with van der Waals surface area (Å²) in [5.74, 6) is 0.685. The van der Waals surface area contributed by atoms with Gasteiger partial charge in [-0.25, -0.2) is 4.98 Å². The van der Waals surface area contributed by atoms with Gasteiger partial charge in [-0.2, -0.15) is 0 Å². The molecule has 2 aromatic rings. The van der Waals surface area contributed by atoms with E-state index in [0.717, 1.165) is 11.1 Å². The zero-order chi connectivity index (χ0) is 10.8. The molecule has 3 N–H and O–H groups in total. The van der Waals surface area contributed by atoms with Crippen LogP contribution in [0.3, 0.4) is 0 Å². The van der Waals surface area contributed by atoms with Crippen molar-refractivity contribution in [3.8, 4) is 11.4 Å². The highest BCUT2D eigenvalue weighted by atomic mass is 16.1. The molecule has 0 aliphatic carbocycles. The van der Waals surface area contributed by atoms with Gasteiger partial charge in [0.1, 0.15) is 11.6 Å². The Hall–Kier alpha value is -2.17. The van der Waals surface area contributed by atoms with Crippen LogP contribution in [0.15, 0.2) is 29.3 Å². The fourth-order valence-corrected chi connectivity index (χ4v) is 1.34. The van der Waals surface area contributed by atoms with Gasteiger partial charge < -0.3 is 10.7 Å². The molecule has 0 aromatic carbocycles. The minimum Gasteiger partial charge on any atom is -0.383 e. The van der Waals surface area contributed by atoms with Gasteiger partial charge in [0.2, 0.25) is 0 Å². The van der Waals surface area contributed by atoms with Crippen LogP contribution in [0.5, 0.6) is 0 Å². The second-order valence-electron chi connectivity index (χ2n) is 3.21. The topological polar surface area (TPSA) is 84.7 Å². The molecule has 0 unspecified atom stereocenters. The van der Waals surface area contributed by atoms with E-state index in [1.807, 2.05) is 6.92 Å². The molecule has 0 atom stereocenters. The van der Waals surface area contributed by atoms with Crippen molar-refractivity contribution in [3.05, 3.63) is 40.4 Å². The monoisotopic (exact) mass is 202 g/mol. The Morgan fingerprint density at radius 3 is 2.93 bits per heavy atom. The van der Waals surface area contributed by atoms with Gasteiger partial charge in [0.05, 0.1) is 0 Å². The smallest absolute Gasteiger partial charge is 0.253 e. The Labute approximate surface area is 86.0 Å². The van der Waals surface area contributed by atoms with Gasteiger partial charge in [0.25, 0.3) is 5.56 Å². The number of hydrogen-bond donors (Lipinski definition) is 2. The molecule has 15 heavy (non-hydrogen) atoms. The SMILES string of the molecule is Cc1cnccc1-c1nc(N)cc(=O)[nH]1. The summed E-state index contributed by atoms with van der Waals surface area (Å²) in [6, 6.07) is 3.03. The number of H-pyrrole nitrogens is 1. The van der Waals surface area contributed by atoms with E-state index in [1.54, 1.807) is 18.5 Å². The highest BCUT2D eigenvalue weighted by Gasteiger charge is 2.04. The standard InChI is InChI=1S/C10H10N4O/c1-6-5-12-3-2-7(6)10-13-8(11)4-9(15)14-10/h2-5H,1H3,(H3,11,13,14,15). The predicted molar refractivity (Wildman–Crippen MR) is 57.2 cm³/mol. The molecule has 76 valence electrons. The van der Waals surface area contributed by atoms with Crippen LogP contribution in [0.4, 0.5) is 5.82 Å². The number of nitrogens with zero attached hydrogens (tertiary/aromatic N) is 2. The van der Waals surface area contributed by atoms with Crippen LogP contribution in [0, 0.1) is 6.92 Å². The molecule has 2 heterocycles. The number of aromatic amines is 1. The minimum atomic E-state index is -0.256. The first-order valence-electron chi connectivity index (χ1n) is 4.44. The predicted octanol–water partition coefficient (Wildman–Crippen LogP) is 0.723. The van der Waals surface area contributed by atoms with Crippen molar-refractivity contribution in [3.63, 3.8) is 0 Å². The Bertz CT molecular complexity index is 547. The molecule has 2 aromatic heterocycles. The first-order valence-corrected chi connectivity index (χ1v) is 4.44. The van der Waals surface area contributed by atoms with Crippen LogP contribution in [0.25, 0.3) is 11.4 Å². The lowest BCUT2D eigenvalue weighted by Crippen LogP contribution is -2.10. The maximum Gasteiger partial charge on any atom is 0.253 e. The Morgan fingerprint density at radius 1 is 1.47 bits per heavy atom. The molecule has 2 rings (SSSR count). The van der Waals surface area contributed by atoms with E-state index in [4.69, 9.17) is 5.73 Å². The highest BCUT2D eigenvalue weighted by Crippen LogP contribution is 2.17. The number of pyridine rings is 1. The van der Waals surface area contributed by atoms with Crippen molar-refractivity contribution in [1.29, 1.82) is 0 Å². The van der Waals surface area contributed by atoms with Gasteiger partial charge in [-0.1, -0.05) is 0 Å². The number of nitrogens with two attached hydrogens (primary N) is 1. The van der Waals surface area contributed by atoms with E-state index in [9.17, 15) is 4.79 Å². The van der Waals surface area contributed by atoms with Gasteiger partial charge in [-0.3, -0.25) is 9.78 Å². The fourth-order valence-electron chi connectivity index (χ4n) is 1.34. The fraction of sp³-hybridized carbons (Fsp3) is 0.100. The van der Waals surface area contributed by atoms with Gasteiger partial charge in [-0.15, -0.1) is 0 Å². The lowest BCUT2D eigenvalue weighted by Gasteiger charge is -2.03. The van der Waals surface area contributed by atoms with Crippen LogP contribution in [0.1, 0.15) is 5.56 Å². The minimum absolute atomic E-state index is 0.213. The van der Waals surface area contributed by atoms with Crippen molar-refractivity contribution in [1.82, 2.24) is 15.0 Å². The Morgan fingerprint density at radius 2 is 2.27 bits per heavy atom. The first-order chi connectivity index (χ1) is 7.16. The lowest BCUT2D eigenvalue weighted by atomic mass is 10.1. The van der Waals surface area contributed by atoms with Crippen LogP contribution < -0.4 is 11.3 Å². The Kier molecular flexibility index (Phi) is 2.21. The summed E-state index contributed by atoms with van der Waals surface area (Å²) in [5.41, 5.74) is 7.01. The number of anilines is 1. The lowest BCUT2D eigenvalue weighted by molar-refractivity contribution is 1.12. The molecular formula is C10H10N4O. The molecule has 5 nitrogen and oxygen atoms in total. The summed E-state index contributed by atoms with van der Waals surface area (Å²) < 4.78 is 0. The average molecular weight is 202 g/mol. The molecule has 0 saturated heterocycles. The molecule has 0 aliphatic heterocycles. The summed E-state index contributed by atoms with van der Waals surface area (Å²) in [6.07, 6.45) is 3.35. The number of aromatic nitrogens is 3. The van der Waals surface area contributed by atoms with E-state index in [0.29, 0.717) is 5.82 Å². The largest absolute Gasteiger partial charge is 0.383 e. The van der Waals surface area contributed by atoms with Crippen LogP contribution in [-0.4, -0.2) is 15.0 Å². The van der Waals surface area contributed by atoms with Crippen molar-refractivity contribution < 1.29 is 0 Å². The second-order valence-corrected chi connectivity index (χ2v) is 3.21. The van der Waals surface area contributed by atoms with E-state index < -0.39 is 0 Å². The molecule has 5 heteroatoms. The summed E-state index contributed by atoms with van der Waals surface area (Å²) in [4.78, 5) is 21.9. The molecular weight excluding hydrogens is 192 g/mol. The molecule has 0 bridgehead atoms. The quantitative estimate of drug-likeness (QED) is 0.713. The van der Waals surface area contributed by atoms with Crippen molar-refractivity contribution >= 4 is 5.82 Å². The van der Waals surface area contributed by atoms with Crippen molar-refractivity contribution in [2.24, 2.45) is 0 Å².